The van der Waals surface area contributed by atoms with Crippen molar-refractivity contribution in [3.05, 3.63) is 29.6 Å². The van der Waals surface area contributed by atoms with Crippen molar-refractivity contribution >= 4 is 23.9 Å². The quantitative estimate of drug-likeness (QED) is 0.861. The lowest BCUT2D eigenvalue weighted by atomic mass is 10.2. The molecule has 1 rings (SSSR count). The number of halogens is 1. The van der Waals surface area contributed by atoms with Gasteiger partial charge < -0.3 is 4.74 Å². The molecule has 0 bridgehead atoms. The molecule has 1 unspecified atom stereocenters. The zero-order valence-electron chi connectivity index (χ0n) is 11.6. The topological polar surface area (TPSA) is 91.5 Å². The lowest BCUT2D eigenvalue weighted by Crippen LogP contribution is -2.36. The van der Waals surface area contributed by atoms with Gasteiger partial charge in [0.15, 0.2) is 5.92 Å². The molecule has 1 aromatic rings. The van der Waals surface area contributed by atoms with E-state index in [0.717, 1.165) is 11.8 Å². The Hall–Kier alpha value is -2.75. The summed E-state index contributed by atoms with van der Waals surface area (Å²) in [6.45, 7) is 3.40. The van der Waals surface area contributed by atoms with Gasteiger partial charge in [-0.1, -0.05) is 6.07 Å². The van der Waals surface area contributed by atoms with E-state index >= 15 is 0 Å². The normalized spacial score (nSPS) is 11.7. The predicted octanol–water partition coefficient (Wildman–Crippen LogP) is 2.25. The number of aryl methyl sites for hydroxylation is 1. The van der Waals surface area contributed by atoms with Crippen molar-refractivity contribution in [2.24, 2.45) is 10.9 Å². The van der Waals surface area contributed by atoms with Gasteiger partial charge in [0.25, 0.3) is 5.91 Å². The minimum Gasteiger partial charge on any atom is -0.450 e. The van der Waals surface area contributed by atoms with Gasteiger partial charge in [-0.2, -0.15) is 5.26 Å². The molecule has 0 heterocycles. The summed E-state index contributed by atoms with van der Waals surface area (Å²) in [6.07, 6.45) is 0.0279. The molecule has 6 nitrogen and oxygen atoms in total. The maximum atomic E-state index is 13.5. The number of nitrogens with zero attached hydrogens (tertiary/aromatic N) is 2. The van der Waals surface area contributed by atoms with Crippen LogP contribution >= 0.6 is 0 Å². The van der Waals surface area contributed by atoms with Crippen LogP contribution in [0.5, 0.6) is 0 Å². The fourth-order valence-corrected chi connectivity index (χ4v) is 1.38. The molecule has 0 aliphatic rings. The molecule has 0 aliphatic carbocycles. The Morgan fingerprint density at radius 1 is 1.57 bits per heavy atom. The molecule has 1 N–H and O–H groups in total. The summed E-state index contributed by atoms with van der Waals surface area (Å²) in [6, 6.07) is 6.02. The van der Waals surface area contributed by atoms with Crippen molar-refractivity contribution < 1.29 is 18.7 Å². The number of benzene rings is 1. The summed E-state index contributed by atoms with van der Waals surface area (Å²) in [7, 11) is 0. The first-order valence-electron chi connectivity index (χ1n) is 6.15. The van der Waals surface area contributed by atoms with Crippen LogP contribution in [0.1, 0.15) is 12.5 Å². The molecule has 21 heavy (non-hydrogen) atoms. The SMILES string of the molecule is CCOC(=O)NC(=O)C(C#N)C=Nc1ccc(C)cc1F. The van der Waals surface area contributed by atoms with Gasteiger partial charge in [-0.15, -0.1) is 0 Å². The molecule has 2 amide bonds. The summed E-state index contributed by atoms with van der Waals surface area (Å²) in [5.41, 5.74) is 0.730. The number of nitriles is 1. The number of amides is 2. The molecule has 1 atom stereocenters. The highest BCUT2D eigenvalue weighted by atomic mass is 19.1. The molecule has 0 fully saturated rings. The van der Waals surface area contributed by atoms with Crippen LogP contribution in [-0.2, 0) is 9.53 Å². The van der Waals surface area contributed by atoms with Gasteiger partial charge in [0.1, 0.15) is 5.82 Å². The standard InChI is InChI=1S/C14H14FN3O3/c1-3-21-14(20)18-13(19)10(7-16)8-17-12-5-4-9(2)6-11(12)15/h4-6,8,10H,3H2,1-2H3,(H,18,19,20). The minimum atomic E-state index is -1.32. The van der Waals surface area contributed by atoms with E-state index in [2.05, 4.69) is 9.73 Å². The van der Waals surface area contributed by atoms with Crippen molar-refractivity contribution in [2.75, 3.05) is 6.61 Å². The van der Waals surface area contributed by atoms with Crippen molar-refractivity contribution in [3.63, 3.8) is 0 Å². The highest BCUT2D eigenvalue weighted by Gasteiger charge is 2.18. The lowest BCUT2D eigenvalue weighted by Gasteiger charge is -2.05. The van der Waals surface area contributed by atoms with E-state index in [0.29, 0.717) is 0 Å². The van der Waals surface area contributed by atoms with E-state index in [1.807, 2.05) is 5.32 Å². The van der Waals surface area contributed by atoms with Crippen LogP contribution in [0.15, 0.2) is 23.2 Å². The van der Waals surface area contributed by atoms with Crippen LogP contribution in [0.25, 0.3) is 0 Å². The number of carbonyl (C=O) groups is 2. The first kappa shape index (κ1) is 16.3. The number of ether oxygens (including phenoxy) is 1. The zero-order chi connectivity index (χ0) is 15.8. The Kier molecular flexibility index (Phi) is 6.01. The molecule has 0 saturated carbocycles. The smallest absolute Gasteiger partial charge is 0.413 e. The predicted molar refractivity (Wildman–Crippen MR) is 73.6 cm³/mol. The number of nitrogens with one attached hydrogen (secondary N) is 1. The van der Waals surface area contributed by atoms with Crippen molar-refractivity contribution in [2.45, 2.75) is 13.8 Å². The summed E-state index contributed by atoms with van der Waals surface area (Å²) < 4.78 is 18.1. The average molecular weight is 291 g/mol. The molecule has 0 saturated heterocycles. The maximum Gasteiger partial charge on any atom is 0.413 e. The van der Waals surface area contributed by atoms with Gasteiger partial charge in [-0.25, -0.2) is 9.18 Å². The number of imide groups is 1. The van der Waals surface area contributed by atoms with E-state index in [1.165, 1.54) is 12.1 Å². The Labute approximate surface area is 121 Å². The number of aliphatic imine (C=N–C) groups is 1. The fourth-order valence-electron chi connectivity index (χ4n) is 1.38. The summed E-state index contributed by atoms with van der Waals surface area (Å²) in [4.78, 5) is 26.4. The first-order chi connectivity index (χ1) is 9.97. The largest absolute Gasteiger partial charge is 0.450 e. The van der Waals surface area contributed by atoms with Crippen molar-refractivity contribution in [1.29, 1.82) is 5.26 Å². The lowest BCUT2D eigenvalue weighted by molar-refractivity contribution is -0.121. The van der Waals surface area contributed by atoms with Gasteiger partial charge in [-0.05, 0) is 31.5 Å². The molecule has 0 spiro atoms. The van der Waals surface area contributed by atoms with Gasteiger partial charge in [-0.3, -0.25) is 15.1 Å². The third-order valence-electron chi connectivity index (χ3n) is 2.39. The third-order valence-corrected chi connectivity index (χ3v) is 2.39. The van der Waals surface area contributed by atoms with Gasteiger partial charge in [0.05, 0.1) is 18.4 Å². The number of hydrogen-bond acceptors (Lipinski definition) is 5. The van der Waals surface area contributed by atoms with E-state index in [-0.39, 0.29) is 12.3 Å². The zero-order valence-corrected chi connectivity index (χ0v) is 11.6. The molecule has 7 heteroatoms. The highest BCUT2D eigenvalue weighted by molar-refractivity contribution is 6.03. The molecule has 0 radical (unpaired) electrons. The number of carbonyl (C=O) groups excluding carboxylic acids is 2. The molecule has 110 valence electrons. The first-order valence-corrected chi connectivity index (χ1v) is 6.15. The molecular weight excluding hydrogens is 277 g/mol. The van der Waals surface area contributed by atoms with Crippen LogP contribution in [0.3, 0.4) is 0 Å². The Morgan fingerprint density at radius 3 is 2.86 bits per heavy atom. The second-order valence-corrected chi connectivity index (χ2v) is 4.05. The molecule has 1 aromatic carbocycles. The minimum absolute atomic E-state index is 0.00443. The van der Waals surface area contributed by atoms with Gasteiger partial charge in [0, 0.05) is 6.21 Å². The summed E-state index contributed by atoms with van der Waals surface area (Å²) in [5, 5.41) is 10.8. The van der Waals surface area contributed by atoms with Crippen LogP contribution in [0, 0.1) is 30.0 Å². The number of hydrogen-bond donors (Lipinski definition) is 1. The monoisotopic (exact) mass is 291 g/mol. The van der Waals surface area contributed by atoms with E-state index in [9.17, 15) is 14.0 Å². The van der Waals surface area contributed by atoms with E-state index in [1.54, 1.807) is 26.0 Å². The highest BCUT2D eigenvalue weighted by Crippen LogP contribution is 2.18. The van der Waals surface area contributed by atoms with Crippen molar-refractivity contribution in [1.82, 2.24) is 5.32 Å². The van der Waals surface area contributed by atoms with Crippen LogP contribution < -0.4 is 5.32 Å². The molecule has 0 aromatic heterocycles. The Bertz CT molecular complexity index is 608. The van der Waals surface area contributed by atoms with Crippen LogP contribution in [0.4, 0.5) is 14.9 Å². The Balaban J connectivity index is 2.77. The van der Waals surface area contributed by atoms with Gasteiger partial charge >= 0.3 is 6.09 Å². The molecule has 0 aliphatic heterocycles. The Morgan fingerprint density at radius 2 is 2.29 bits per heavy atom. The van der Waals surface area contributed by atoms with Crippen LogP contribution in [0.2, 0.25) is 0 Å². The van der Waals surface area contributed by atoms with Gasteiger partial charge in [0.2, 0.25) is 0 Å². The number of alkyl carbamates (subject to hydrolysis) is 1. The molecular formula is C14H14FN3O3. The average Bonchev–Trinajstić information content (AvgIpc) is 2.41. The van der Waals surface area contributed by atoms with Crippen LogP contribution in [-0.4, -0.2) is 24.8 Å². The van der Waals surface area contributed by atoms with Crippen molar-refractivity contribution in [3.8, 4) is 6.07 Å². The van der Waals surface area contributed by atoms with E-state index < -0.39 is 23.7 Å². The second kappa shape index (κ2) is 7.75. The van der Waals surface area contributed by atoms with E-state index in [4.69, 9.17) is 5.26 Å². The maximum absolute atomic E-state index is 13.5. The summed E-state index contributed by atoms with van der Waals surface area (Å²) in [5.74, 6) is -2.77. The fraction of sp³-hybridized carbons (Fsp3) is 0.286. The second-order valence-electron chi connectivity index (χ2n) is 4.05. The number of rotatable bonds is 4. The third kappa shape index (κ3) is 5.03. The summed E-state index contributed by atoms with van der Waals surface area (Å²) >= 11 is 0.